The number of carbonyl (C=O) groups excluding carboxylic acids is 1. The molecule has 0 radical (unpaired) electrons. The normalized spacial score (nSPS) is 13.7. The van der Waals surface area contributed by atoms with Gasteiger partial charge < -0.3 is 19.7 Å². The van der Waals surface area contributed by atoms with Crippen LogP contribution in [0.4, 0.5) is 4.79 Å². The van der Waals surface area contributed by atoms with E-state index in [9.17, 15) is 4.79 Å². The molecule has 1 aliphatic heterocycles. The Labute approximate surface area is 107 Å². The van der Waals surface area contributed by atoms with Crippen molar-refractivity contribution in [2.45, 2.75) is 13.0 Å². The maximum absolute atomic E-state index is 11.4. The molecule has 0 saturated heterocycles. The van der Waals surface area contributed by atoms with Crippen molar-refractivity contribution in [3.8, 4) is 11.5 Å². The average molecular weight is 250 g/mol. The van der Waals surface area contributed by atoms with Gasteiger partial charge >= 0.3 is 6.03 Å². The van der Waals surface area contributed by atoms with Crippen LogP contribution in [0, 0.1) is 0 Å². The van der Waals surface area contributed by atoms with Crippen molar-refractivity contribution >= 4 is 6.03 Å². The number of nitrogens with zero attached hydrogens (tertiary/aromatic N) is 1. The van der Waals surface area contributed by atoms with Crippen LogP contribution in [0.3, 0.4) is 0 Å². The first-order chi connectivity index (χ1) is 8.70. The SMILES string of the molecule is CNC(=O)N(C)Cc1ccc2c(c1)OCCCO2. The minimum atomic E-state index is -0.109. The predicted octanol–water partition coefficient (Wildman–Crippen LogP) is 1.62. The van der Waals surface area contributed by atoms with E-state index in [-0.39, 0.29) is 6.03 Å². The van der Waals surface area contributed by atoms with Gasteiger partial charge in [-0.05, 0) is 17.7 Å². The third-order valence-corrected chi connectivity index (χ3v) is 2.79. The average Bonchev–Trinajstić information content (AvgIpc) is 2.62. The maximum Gasteiger partial charge on any atom is 0.317 e. The molecule has 0 atom stereocenters. The highest BCUT2D eigenvalue weighted by atomic mass is 16.5. The van der Waals surface area contributed by atoms with Gasteiger partial charge in [0.1, 0.15) is 0 Å². The van der Waals surface area contributed by atoms with Crippen LogP contribution in [0.5, 0.6) is 11.5 Å². The van der Waals surface area contributed by atoms with Crippen molar-refractivity contribution in [2.24, 2.45) is 0 Å². The molecule has 5 heteroatoms. The van der Waals surface area contributed by atoms with Gasteiger partial charge in [0, 0.05) is 27.1 Å². The molecule has 0 aromatic heterocycles. The van der Waals surface area contributed by atoms with Crippen molar-refractivity contribution < 1.29 is 14.3 Å². The van der Waals surface area contributed by atoms with Crippen molar-refractivity contribution in [3.05, 3.63) is 23.8 Å². The first-order valence-corrected chi connectivity index (χ1v) is 6.02. The molecule has 1 aliphatic rings. The monoisotopic (exact) mass is 250 g/mol. The van der Waals surface area contributed by atoms with Crippen molar-refractivity contribution in [1.82, 2.24) is 10.2 Å². The van der Waals surface area contributed by atoms with Crippen LogP contribution in [0.2, 0.25) is 0 Å². The summed E-state index contributed by atoms with van der Waals surface area (Å²) >= 11 is 0. The lowest BCUT2D eigenvalue weighted by molar-refractivity contribution is 0.209. The number of amides is 2. The topological polar surface area (TPSA) is 50.8 Å². The van der Waals surface area contributed by atoms with Crippen LogP contribution in [-0.4, -0.2) is 38.2 Å². The molecular weight excluding hydrogens is 232 g/mol. The van der Waals surface area contributed by atoms with Gasteiger partial charge in [0.2, 0.25) is 0 Å². The number of hydrogen-bond acceptors (Lipinski definition) is 3. The molecule has 1 aromatic carbocycles. The second-order valence-electron chi connectivity index (χ2n) is 4.24. The number of urea groups is 1. The fourth-order valence-electron chi connectivity index (χ4n) is 1.84. The highest BCUT2D eigenvalue weighted by molar-refractivity contribution is 5.73. The highest BCUT2D eigenvalue weighted by Crippen LogP contribution is 2.30. The number of ether oxygens (including phenoxy) is 2. The predicted molar refractivity (Wildman–Crippen MR) is 68.0 cm³/mol. The summed E-state index contributed by atoms with van der Waals surface area (Å²) < 4.78 is 11.2. The molecule has 0 aliphatic carbocycles. The number of rotatable bonds is 2. The van der Waals surface area contributed by atoms with E-state index >= 15 is 0 Å². The Morgan fingerprint density at radius 1 is 1.33 bits per heavy atom. The maximum atomic E-state index is 11.4. The fourth-order valence-corrected chi connectivity index (χ4v) is 1.84. The summed E-state index contributed by atoms with van der Waals surface area (Å²) in [5.41, 5.74) is 1.02. The van der Waals surface area contributed by atoms with E-state index in [1.807, 2.05) is 18.2 Å². The zero-order valence-corrected chi connectivity index (χ0v) is 10.7. The van der Waals surface area contributed by atoms with E-state index in [1.54, 1.807) is 19.0 Å². The quantitative estimate of drug-likeness (QED) is 0.867. The third kappa shape index (κ3) is 2.85. The lowest BCUT2D eigenvalue weighted by Crippen LogP contribution is -2.34. The van der Waals surface area contributed by atoms with E-state index < -0.39 is 0 Å². The summed E-state index contributed by atoms with van der Waals surface area (Å²) in [4.78, 5) is 13.0. The first kappa shape index (κ1) is 12.5. The molecule has 2 rings (SSSR count). The summed E-state index contributed by atoms with van der Waals surface area (Å²) in [5.74, 6) is 1.54. The van der Waals surface area contributed by atoms with Gasteiger partial charge in [-0.2, -0.15) is 0 Å². The molecule has 18 heavy (non-hydrogen) atoms. The van der Waals surface area contributed by atoms with Gasteiger partial charge in [-0.3, -0.25) is 0 Å². The molecule has 2 amide bonds. The molecule has 1 aromatic rings. The summed E-state index contributed by atoms with van der Waals surface area (Å²) in [7, 11) is 3.37. The second kappa shape index (κ2) is 5.62. The molecule has 0 fully saturated rings. The Balaban J connectivity index is 2.10. The van der Waals surface area contributed by atoms with Crippen LogP contribution in [0.1, 0.15) is 12.0 Å². The molecule has 0 bridgehead atoms. The highest BCUT2D eigenvalue weighted by Gasteiger charge is 2.12. The second-order valence-corrected chi connectivity index (χ2v) is 4.24. The summed E-state index contributed by atoms with van der Waals surface area (Å²) in [6.07, 6.45) is 0.891. The van der Waals surface area contributed by atoms with Crippen LogP contribution >= 0.6 is 0 Å². The van der Waals surface area contributed by atoms with Crippen LogP contribution in [0.15, 0.2) is 18.2 Å². The zero-order chi connectivity index (χ0) is 13.0. The minimum Gasteiger partial charge on any atom is -0.490 e. The van der Waals surface area contributed by atoms with Gasteiger partial charge in [0.15, 0.2) is 11.5 Å². The van der Waals surface area contributed by atoms with E-state index in [4.69, 9.17) is 9.47 Å². The van der Waals surface area contributed by atoms with Gasteiger partial charge in [0.25, 0.3) is 0 Å². The molecule has 0 spiro atoms. The fraction of sp³-hybridized carbons (Fsp3) is 0.462. The minimum absolute atomic E-state index is 0.109. The first-order valence-electron chi connectivity index (χ1n) is 6.02. The van der Waals surface area contributed by atoms with Crippen molar-refractivity contribution in [1.29, 1.82) is 0 Å². The smallest absolute Gasteiger partial charge is 0.317 e. The lowest BCUT2D eigenvalue weighted by atomic mass is 10.2. The van der Waals surface area contributed by atoms with Gasteiger partial charge in [-0.15, -0.1) is 0 Å². The molecule has 0 unspecified atom stereocenters. The lowest BCUT2D eigenvalue weighted by Gasteiger charge is -2.17. The number of hydrogen-bond donors (Lipinski definition) is 1. The molecule has 0 saturated carbocycles. The number of nitrogens with one attached hydrogen (secondary N) is 1. The van der Waals surface area contributed by atoms with Gasteiger partial charge in [0.05, 0.1) is 13.2 Å². The van der Waals surface area contributed by atoms with Crippen LogP contribution < -0.4 is 14.8 Å². The van der Waals surface area contributed by atoms with Gasteiger partial charge in [-0.1, -0.05) is 6.07 Å². The van der Waals surface area contributed by atoms with E-state index in [0.717, 1.165) is 23.5 Å². The molecular formula is C13H18N2O3. The summed E-state index contributed by atoms with van der Waals surface area (Å²) in [6.45, 7) is 1.89. The van der Waals surface area contributed by atoms with Crippen molar-refractivity contribution in [2.75, 3.05) is 27.3 Å². The van der Waals surface area contributed by atoms with Crippen molar-refractivity contribution in [3.63, 3.8) is 0 Å². The number of fused-ring (bicyclic) bond motifs is 1. The Hall–Kier alpha value is -1.91. The molecule has 1 N–H and O–H groups in total. The van der Waals surface area contributed by atoms with E-state index in [2.05, 4.69) is 5.32 Å². The molecule has 5 nitrogen and oxygen atoms in total. The molecule has 1 heterocycles. The van der Waals surface area contributed by atoms with Crippen LogP contribution in [-0.2, 0) is 6.54 Å². The molecule has 98 valence electrons. The summed E-state index contributed by atoms with van der Waals surface area (Å²) in [6, 6.07) is 5.67. The largest absolute Gasteiger partial charge is 0.490 e. The standard InChI is InChI=1S/C13H18N2O3/c1-14-13(16)15(2)9-10-4-5-11-12(8-10)18-7-3-6-17-11/h4-5,8H,3,6-7,9H2,1-2H3,(H,14,16). The Morgan fingerprint density at radius 3 is 2.78 bits per heavy atom. The number of carbonyl (C=O) groups is 1. The Kier molecular flexibility index (Phi) is 3.92. The zero-order valence-electron chi connectivity index (χ0n) is 10.7. The third-order valence-electron chi connectivity index (χ3n) is 2.79. The van der Waals surface area contributed by atoms with Gasteiger partial charge in [-0.25, -0.2) is 4.79 Å². The Morgan fingerprint density at radius 2 is 2.06 bits per heavy atom. The van der Waals surface area contributed by atoms with Crippen LogP contribution in [0.25, 0.3) is 0 Å². The summed E-state index contributed by atoms with van der Waals surface area (Å²) in [5, 5.41) is 2.59. The Bertz CT molecular complexity index is 434. The van der Waals surface area contributed by atoms with E-state index in [1.165, 1.54) is 0 Å². The number of benzene rings is 1. The van der Waals surface area contributed by atoms with E-state index in [0.29, 0.717) is 19.8 Å².